The summed E-state index contributed by atoms with van der Waals surface area (Å²) in [5.74, 6) is -0.193. The Morgan fingerprint density at radius 2 is 1.94 bits per heavy atom. The third-order valence-electron chi connectivity index (χ3n) is 3.68. The minimum atomic E-state index is -0.214. The van der Waals surface area contributed by atoms with Gasteiger partial charge in [-0.15, -0.1) is 0 Å². The molecule has 1 unspecified atom stereocenters. The number of hydrogen-bond donors (Lipinski definition) is 2. The molecular weight excluding hydrogens is 229 g/mol. The minimum Gasteiger partial charge on any atom is -0.392 e. The maximum Gasteiger partial charge on any atom is 0.123 e. The van der Waals surface area contributed by atoms with Crippen LogP contribution < -0.4 is 5.32 Å². The van der Waals surface area contributed by atoms with E-state index in [-0.39, 0.29) is 18.0 Å². The zero-order valence-electron chi connectivity index (χ0n) is 10.9. The van der Waals surface area contributed by atoms with E-state index >= 15 is 0 Å². The summed E-state index contributed by atoms with van der Waals surface area (Å²) in [5, 5.41) is 13.4. The Morgan fingerprint density at radius 1 is 1.28 bits per heavy atom. The zero-order valence-corrected chi connectivity index (χ0v) is 10.9. The van der Waals surface area contributed by atoms with Crippen LogP contribution in [0.1, 0.15) is 38.2 Å². The first-order chi connectivity index (χ1) is 8.65. The summed E-state index contributed by atoms with van der Waals surface area (Å²) in [4.78, 5) is 0. The molecule has 1 saturated carbocycles. The second-order valence-electron chi connectivity index (χ2n) is 5.36. The van der Waals surface area contributed by atoms with E-state index in [1.54, 1.807) is 0 Å². The third-order valence-corrected chi connectivity index (χ3v) is 3.68. The van der Waals surface area contributed by atoms with Crippen molar-refractivity contribution in [1.82, 2.24) is 5.32 Å². The molecule has 0 aromatic heterocycles. The lowest BCUT2D eigenvalue weighted by Gasteiger charge is -2.31. The first-order valence-electron chi connectivity index (χ1n) is 6.83. The highest BCUT2D eigenvalue weighted by molar-refractivity contribution is 5.17. The molecule has 0 saturated heterocycles. The van der Waals surface area contributed by atoms with Gasteiger partial charge in [-0.2, -0.15) is 0 Å². The topological polar surface area (TPSA) is 32.3 Å². The third kappa shape index (κ3) is 3.79. The molecule has 1 aromatic rings. The fourth-order valence-electron chi connectivity index (χ4n) is 2.70. The summed E-state index contributed by atoms with van der Waals surface area (Å²) < 4.78 is 12.8. The minimum absolute atomic E-state index is 0.193. The lowest BCUT2D eigenvalue weighted by molar-refractivity contribution is 0.0859. The van der Waals surface area contributed by atoms with Crippen LogP contribution in [0.15, 0.2) is 24.3 Å². The van der Waals surface area contributed by atoms with Gasteiger partial charge in [-0.25, -0.2) is 4.39 Å². The Bertz CT molecular complexity index is 365. The maximum atomic E-state index is 12.8. The van der Waals surface area contributed by atoms with Crippen molar-refractivity contribution in [3.05, 3.63) is 35.6 Å². The van der Waals surface area contributed by atoms with Gasteiger partial charge in [-0.1, -0.05) is 25.0 Å². The van der Waals surface area contributed by atoms with Crippen molar-refractivity contribution in [3.8, 4) is 0 Å². The summed E-state index contributed by atoms with van der Waals surface area (Å²) in [7, 11) is 0. The van der Waals surface area contributed by atoms with Crippen LogP contribution in [0.2, 0.25) is 0 Å². The zero-order chi connectivity index (χ0) is 13.0. The Labute approximate surface area is 108 Å². The summed E-state index contributed by atoms with van der Waals surface area (Å²) >= 11 is 0. The number of aliphatic hydroxyl groups excluding tert-OH is 1. The van der Waals surface area contributed by atoms with Crippen LogP contribution in [0.25, 0.3) is 0 Å². The van der Waals surface area contributed by atoms with E-state index < -0.39 is 0 Å². The van der Waals surface area contributed by atoms with Gasteiger partial charge in [0.15, 0.2) is 0 Å². The first kappa shape index (κ1) is 13.5. The number of benzene rings is 1. The predicted molar refractivity (Wildman–Crippen MR) is 71.0 cm³/mol. The summed E-state index contributed by atoms with van der Waals surface area (Å²) in [6.07, 6.45) is 4.93. The smallest absolute Gasteiger partial charge is 0.123 e. The molecule has 0 heterocycles. The van der Waals surface area contributed by atoms with Crippen molar-refractivity contribution in [2.24, 2.45) is 0 Å². The van der Waals surface area contributed by atoms with Gasteiger partial charge < -0.3 is 10.4 Å². The Hall–Kier alpha value is -0.930. The van der Waals surface area contributed by atoms with E-state index in [1.165, 1.54) is 18.6 Å². The van der Waals surface area contributed by atoms with Crippen LogP contribution in [0.4, 0.5) is 4.39 Å². The molecule has 1 aromatic carbocycles. The van der Waals surface area contributed by atoms with Gasteiger partial charge in [-0.3, -0.25) is 0 Å². The van der Waals surface area contributed by atoms with E-state index in [9.17, 15) is 9.50 Å². The van der Waals surface area contributed by atoms with E-state index in [0.29, 0.717) is 6.04 Å². The number of halogens is 1. The Kier molecular flexibility index (Phi) is 4.72. The molecule has 1 aliphatic rings. The number of hydrogen-bond acceptors (Lipinski definition) is 2. The molecule has 0 amide bonds. The summed E-state index contributed by atoms with van der Waals surface area (Å²) in [5.41, 5.74) is 1.13. The van der Waals surface area contributed by atoms with Gasteiger partial charge >= 0.3 is 0 Å². The Morgan fingerprint density at radius 3 is 2.61 bits per heavy atom. The van der Waals surface area contributed by atoms with Gasteiger partial charge in [-0.05, 0) is 43.9 Å². The molecule has 1 aliphatic carbocycles. The highest BCUT2D eigenvalue weighted by atomic mass is 19.1. The Balaban J connectivity index is 1.84. The average Bonchev–Trinajstić information content (AvgIpc) is 2.35. The van der Waals surface area contributed by atoms with E-state index in [2.05, 4.69) is 12.2 Å². The molecule has 1 fully saturated rings. The number of aliphatic hydroxyl groups is 1. The molecule has 18 heavy (non-hydrogen) atoms. The molecule has 2 rings (SSSR count). The van der Waals surface area contributed by atoms with Crippen molar-refractivity contribution in [1.29, 1.82) is 0 Å². The molecule has 2 N–H and O–H groups in total. The van der Waals surface area contributed by atoms with E-state index in [4.69, 9.17) is 0 Å². The maximum absolute atomic E-state index is 12.8. The largest absolute Gasteiger partial charge is 0.392 e. The van der Waals surface area contributed by atoms with E-state index in [0.717, 1.165) is 31.2 Å². The van der Waals surface area contributed by atoms with Gasteiger partial charge in [0.25, 0.3) is 0 Å². The van der Waals surface area contributed by atoms with Gasteiger partial charge in [0.05, 0.1) is 6.10 Å². The van der Waals surface area contributed by atoms with Crippen LogP contribution >= 0.6 is 0 Å². The van der Waals surface area contributed by atoms with Gasteiger partial charge in [0, 0.05) is 12.1 Å². The van der Waals surface area contributed by atoms with Crippen LogP contribution in [-0.4, -0.2) is 23.3 Å². The van der Waals surface area contributed by atoms with Crippen molar-refractivity contribution in [2.45, 2.75) is 57.2 Å². The molecule has 2 nitrogen and oxygen atoms in total. The fourth-order valence-corrected chi connectivity index (χ4v) is 2.70. The van der Waals surface area contributed by atoms with Crippen molar-refractivity contribution in [3.63, 3.8) is 0 Å². The fraction of sp³-hybridized carbons (Fsp3) is 0.600. The highest BCUT2D eigenvalue weighted by Gasteiger charge is 2.23. The second kappa shape index (κ2) is 6.30. The van der Waals surface area contributed by atoms with Crippen LogP contribution in [0.5, 0.6) is 0 Å². The molecule has 100 valence electrons. The second-order valence-corrected chi connectivity index (χ2v) is 5.36. The monoisotopic (exact) mass is 251 g/mol. The van der Waals surface area contributed by atoms with E-state index in [1.807, 2.05) is 12.1 Å². The normalized spacial score (nSPS) is 25.9. The van der Waals surface area contributed by atoms with Crippen molar-refractivity contribution in [2.75, 3.05) is 0 Å². The lowest BCUT2D eigenvalue weighted by Crippen LogP contribution is -2.46. The van der Waals surface area contributed by atoms with Crippen molar-refractivity contribution >= 4 is 0 Å². The standard InChI is InChI=1S/C15H22FNO/c1-11(10-12-6-8-13(16)9-7-12)17-14-4-2-3-5-15(14)18/h6-9,11,14-15,17-18H,2-5,10H2,1H3/t11?,14-,15-/m0/s1. The molecular formula is C15H22FNO. The number of nitrogens with one attached hydrogen (secondary N) is 1. The van der Waals surface area contributed by atoms with Crippen LogP contribution in [-0.2, 0) is 6.42 Å². The molecule has 0 spiro atoms. The quantitative estimate of drug-likeness (QED) is 0.862. The predicted octanol–water partition coefficient (Wildman–Crippen LogP) is 2.65. The molecule has 3 heteroatoms. The average molecular weight is 251 g/mol. The molecule has 0 bridgehead atoms. The highest BCUT2D eigenvalue weighted by Crippen LogP contribution is 2.19. The molecule has 3 atom stereocenters. The van der Waals surface area contributed by atoms with Gasteiger partial charge in [0.2, 0.25) is 0 Å². The van der Waals surface area contributed by atoms with Crippen LogP contribution in [0, 0.1) is 5.82 Å². The van der Waals surface area contributed by atoms with Crippen molar-refractivity contribution < 1.29 is 9.50 Å². The summed E-state index contributed by atoms with van der Waals surface area (Å²) in [6.45, 7) is 2.12. The van der Waals surface area contributed by atoms with Crippen LogP contribution in [0.3, 0.4) is 0 Å². The summed E-state index contributed by atoms with van der Waals surface area (Å²) in [6, 6.07) is 7.16. The van der Waals surface area contributed by atoms with Gasteiger partial charge in [0.1, 0.15) is 5.82 Å². The number of rotatable bonds is 4. The molecule has 0 radical (unpaired) electrons. The first-order valence-corrected chi connectivity index (χ1v) is 6.83. The SMILES string of the molecule is CC(Cc1ccc(F)cc1)N[C@H]1CCCC[C@@H]1O. The lowest BCUT2D eigenvalue weighted by atomic mass is 9.91. The molecule has 0 aliphatic heterocycles.